The van der Waals surface area contributed by atoms with Gasteiger partial charge in [0.2, 0.25) is 0 Å². The molecule has 0 saturated carbocycles. The van der Waals surface area contributed by atoms with Gasteiger partial charge in [0.1, 0.15) is 0 Å². The number of aryl methyl sites for hydroxylation is 1. The summed E-state index contributed by atoms with van der Waals surface area (Å²) in [5.74, 6) is 0.342. The molecule has 0 aliphatic heterocycles. The van der Waals surface area contributed by atoms with E-state index in [1.807, 2.05) is 25.1 Å². The van der Waals surface area contributed by atoms with Crippen molar-refractivity contribution in [2.75, 3.05) is 19.1 Å². The maximum absolute atomic E-state index is 11.4. The highest BCUT2D eigenvalue weighted by Crippen LogP contribution is 2.24. The fraction of sp³-hybridized carbons (Fsp3) is 0.364. The van der Waals surface area contributed by atoms with E-state index in [-0.39, 0.29) is 0 Å². The first-order chi connectivity index (χ1) is 7.47. The Kier molecular flexibility index (Phi) is 4.15. The summed E-state index contributed by atoms with van der Waals surface area (Å²) >= 11 is 5.86. The van der Waals surface area contributed by atoms with Crippen LogP contribution >= 0.6 is 11.6 Å². The van der Waals surface area contributed by atoms with Crippen molar-refractivity contribution >= 4 is 23.3 Å². The maximum Gasteiger partial charge on any atom is 0.334 e. The molecule has 16 heavy (non-hydrogen) atoms. The fourth-order valence-electron chi connectivity index (χ4n) is 1.56. The van der Waals surface area contributed by atoms with Crippen molar-refractivity contribution in [3.8, 4) is 0 Å². The normalized spacial score (nSPS) is 10.6. The van der Waals surface area contributed by atoms with Gasteiger partial charge < -0.3 is 5.73 Å². The number of hydrogen-bond acceptors (Lipinski definition) is 2. The average molecular weight is 242 g/mol. The zero-order chi connectivity index (χ0) is 12.3. The lowest BCUT2D eigenvalue weighted by molar-refractivity contribution is 0.239. The number of urea groups is 1. The third-order valence-electron chi connectivity index (χ3n) is 2.22. The van der Waals surface area contributed by atoms with Crippen molar-refractivity contribution in [2.24, 2.45) is 5.73 Å². The molecule has 0 spiro atoms. The largest absolute Gasteiger partial charge is 0.350 e. The highest BCUT2D eigenvalue weighted by atomic mass is 35.5. The molecule has 0 bridgehead atoms. The van der Waals surface area contributed by atoms with Crippen molar-refractivity contribution in [3.63, 3.8) is 0 Å². The number of amides is 2. The van der Waals surface area contributed by atoms with Crippen molar-refractivity contribution in [2.45, 2.75) is 12.8 Å². The molecule has 0 aliphatic rings. The minimum Gasteiger partial charge on any atom is -0.350 e. The summed E-state index contributed by atoms with van der Waals surface area (Å²) in [6, 6.07) is 5.19. The van der Waals surface area contributed by atoms with Crippen LogP contribution in [0.2, 0.25) is 0 Å². The summed E-state index contributed by atoms with van der Waals surface area (Å²) in [5.41, 5.74) is 8.04. The second-order valence-electron chi connectivity index (χ2n) is 3.76. The number of primary amides is 1. The summed E-state index contributed by atoms with van der Waals surface area (Å²) in [6.07, 6.45) is 0. The van der Waals surface area contributed by atoms with Gasteiger partial charge in [-0.25, -0.2) is 14.8 Å². The molecule has 0 radical (unpaired) electrons. The number of alkyl halides is 1. The molecule has 0 unspecified atom stereocenters. The van der Waals surface area contributed by atoms with Crippen molar-refractivity contribution in [1.29, 1.82) is 0 Å². The Balaban J connectivity index is 3.23. The van der Waals surface area contributed by atoms with Crippen LogP contribution in [0.1, 0.15) is 11.1 Å². The van der Waals surface area contributed by atoms with E-state index in [0.717, 1.165) is 16.8 Å². The molecule has 1 aromatic rings. The number of hydrazine groups is 1. The van der Waals surface area contributed by atoms with Crippen LogP contribution in [0.3, 0.4) is 0 Å². The number of nitrogens with zero attached hydrogens (tertiary/aromatic N) is 2. The number of hydrogen-bond donors (Lipinski definition) is 1. The maximum atomic E-state index is 11.4. The highest BCUT2D eigenvalue weighted by Gasteiger charge is 2.17. The first kappa shape index (κ1) is 12.8. The molecule has 0 atom stereocenters. The SMILES string of the molecule is Cc1ccc(N(C(N)=O)N(C)C)c(CCl)c1. The van der Waals surface area contributed by atoms with Gasteiger partial charge in [-0.05, 0) is 18.6 Å². The Labute approximate surface area is 101 Å². The summed E-state index contributed by atoms with van der Waals surface area (Å²) in [7, 11) is 3.51. The van der Waals surface area contributed by atoms with E-state index in [0.29, 0.717) is 5.88 Å². The van der Waals surface area contributed by atoms with Gasteiger partial charge in [0.25, 0.3) is 0 Å². The molecule has 2 amide bonds. The topological polar surface area (TPSA) is 49.6 Å². The van der Waals surface area contributed by atoms with E-state index < -0.39 is 6.03 Å². The van der Waals surface area contributed by atoms with E-state index in [2.05, 4.69) is 0 Å². The van der Waals surface area contributed by atoms with Gasteiger partial charge in [-0.3, -0.25) is 0 Å². The van der Waals surface area contributed by atoms with Gasteiger partial charge in [0, 0.05) is 20.0 Å². The lowest BCUT2D eigenvalue weighted by Crippen LogP contribution is -2.45. The lowest BCUT2D eigenvalue weighted by Gasteiger charge is -2.28. The van der Waals surface area contributed by atoms with Crippen LogP contribution in [0, 0.1) is 6.92 Å². The van der Waals surface area contributed by atoms with Crippen LogP contribution < -0.4 is 10.7 Å². The van der Waals surface area contributed by atoms with Gasteiger partial charge in [-0.15, -0.1) is 11.6 Å². The molecule has 2 N–H and O–H groups in total. The minimum absolute atomic E-state index is 0.342. The third kappa shape index (κ3) is 2.65. The lowest BCUT2D eigenvalue weighted by atomic mass is 10.1. The van der Waals surface area contributed by atoms with Gasteiger partial charge >= 0.3 is 6.03 Å². The van der Waals surface area contributed by atoms with Crippen LogP contribution in [0.5, 0.6) is 0 Å². The molecule has 0 heterocycles. The van der Waals surface area contributed by atoms with E-state index in [1.165, 1.54) is 5.01 Å². The van der Waals surface area contributed by atoms with Gasteiger partial charge in [0.05, 0.1) is 5.69 Å². The molecule has 0 aliphatic carbocycles. The van der Waals surface area contributed by atoms with Crippen molar-refractivity contribution in [3.05, 3.63) is 29.3 Å². The number of carbonyl (C=O) groups excluding carboxylic acids is 1. The Morgan fingerprint density at radius 2 is 2.06 bits per heavy atom. The first-order valence-electron chi connectivity index (χ1n) is 4.89. The smallest absolute Gasteiger partial charge is 0.334 e. The first-order valence-corrected chi connectivity index (χ1v) is 5.43. The fourth-order valence-corrected chi connectivity index (χ4v) is 1.77. The van der Waals surface area contributed by atoms with Crippen LogP contribution in [0.25, 0.3) is 0 Å². The molecule has 0 fully saturated rings. The van der Waals surface area contributed by atoms with Gasteiger partial charge in [-0.2, -0.15) is 0 Å². The van der Waals surface area contributed by atoms with Crippen molar-refractivity contribution < 1.29 is 4.79 Å². The zero-order valence-corrected chi connectivity index (χ0v) is 10.5. The van der Waals surface area contributed by atoms with E-state index in [9.17, 15) is 4.79 Å². The van der Waals surface area contributed by atoms with Gasteiger partial charge in [-0.1, -0.05) is 17.7 Å². The quantitative estimate of drug-likeness (QED) is 0.651. The third-order valence-corrected chi connectivity index (χ3v) is 2.50. The summed E-state index contributed by atoms with van der Waals surface area (Å²) in [5, 5.41) is 3.01. The van der Waals surface area contributed by atoms with Crippen LogP contribution in [-0.2, 0) is 5.88 Å². The molecular weight excluding hydrogens is 226 g/mol. The Morgan fingerprint density at radius 1 is 1.44 bits per heavy atom. The molecule has 1 aromatic carbocycles. The molecule has 4 nitrogen and oxygen atoms in total. The zero-order valence-electron chi connectivity index (χ0n) is 9.70. The molecule has 88 valence electrons. The van der Waals surface area contributed by atoms with Crippen molar-refractivity contribution in [1.82, 2.24) is 5.01 Å². The number of carbonyl (C=O) groups is 1. The minimum atomic E-state index is -0.528. The van der Waals surface area contributed by atoms with E-state index in [4.69, 9.17) is 17.3 Å². The van der Waals surface area contributed by atoms with E-state index >= 15 is 0 Å². The Hall–Kier alpha value is -1.26. The van der Waals surface area contributed by atoms with Crippen LogP contribution in [0.15, 0.2) is 18.2 Å². The second kappa shape index (κ2) is 5.18. The predicted molar refractivity (Wildman–Crippen MR) is 66.5 cm³/mol. The summed E-state index contributed by atoms with van der Waals surface area (Å²) in [4.78, 5) is 11.4. The average Bonchev–Trinajstić information content (AvgIpc) is 2.19. The number of rotatable bonds is 3. The van der Waals surface area contributed by atoms with E-state index in [1.54, 1.807) is 19.1 Å². The Morgan fingerprint density at radius 3 is 2.50 bits per heavy atom. The summed E-state index contributed by atoms with van der Waals surface area (Å²) in [6.45, 7) is 1.98. The molecule has 0 aromatic heterocycles. The monoisotopic (exact) mass is 241 g/mol. The second-order valence-corrected chi connectivity index (χ2v) is 4.03. The van der Waals surface area contributed by atoms with Gasteiger partial charge in [0.15, 0.2) is 0 Å². The number of nitrogens with two attached hydrogens (primary N) is 1. The van der Waals surface area contributed by atoms with Crippen LogP contribution in [-0.4, -0.2) is 25.1 Å². The molecular formula is C11H16ClN3O. The summed E-state index contributed by atoms with van der Waals surface area (Å²) < 4.78 is 0. The molecule has 0 saturated heterocycles. The highest BCUT2D eigenvalue weighted by molar-refractivity contribution is 6.17. The number of anilines is 1. The number of halogens is 1. The Bertz CT molecular complexity index is 393. The predicted octanol–water partition coefficient (Wildman–Crippen LogP) is 2.10. The van der Waals surface area contributed by atoms with Crippen LogP contribution in [0.4, 0.5) is 10.5 Å². The molecule has 1 rings (SSSR count). The molecule has 5 heteroatoms. The standard InChI is InChI=1S/C11H16ClN3O/c1-8-4-5-10(9(6-8)7-12)15(11(13)16)14(2)3/h4-6H,7H2,1-3H3,(H2,13,16). The number of benzene rings is 1.